The molecule has 362 valence electrons. The molecule has 3 amide bonds. The Balaban J connectivity index is 0.000000181. The molecule has 0 radical (unpaired) electrons. The lowest BCUT2D eigenvalue weighted by atomic mass is 10.2. The zero-order valence-electron chi connectivity index (χ0n) is 38.0. The molecular formula is C47H55Cl4N11O5S. The summed E-state index contributed by atoms with van der Waals surface area (Å²) in [5, 5.41) is 9.72. The highest BCUT2D eigenvalue weighted by molar-refractivity contribution is 7.98. The summed E-state index contributed by atoms with van der Waals surface area (Å²) in [5.41, 5.74) is 3.35. The molecule has 2 aliphatic carbocycles. The quantitative estimate of drug-likeness (QED) is 0.106. The minimum absolute atomic E-state index is 0.121. The number of carbonyl (C=O) groups excluding carboxylic acids is 3. The molecule has 2 aromatic heterocycles. The van der Waals surface area contributed by atoms with Gasteiger partial charge in [-0.2, -0.15) is 15.0 Å². The Morgan fingerprint density at radius 2 is 1.16 bits per heavy atom. The molecular weight excluding hydrogens is 972 g/mol. The normalized spacial score (nSPS) is 18.2. The van der Waals surface area contributed by atoms with Crippen LogP contribution in [0, 0.1) is 11.8 Å². The number of likely N-dealkylation sites (tertiary alicyclic amines) is 1. The number of piperazine rings is 1. The number of benzene rings is 2. The topological polar surface area (TPSA) is 161 Å². The summed E-state index contributed by atoms with van der Waals surface area (Å²) in [6, 6.07) is 10.8. The number of rotatable bonds is 12. The number of hydrogen-bond acceptors (Lipinski definition) is 14. The first-order valence-corrected chi connectivity index (χ1v) is 26.0. The van der Waals surface area contributed by atoms with E-state index in [1.807, 2.05) is 33.1 Å². The molecule has 68 heavy (non-hydrogen) atoms. The lowest BCUT2D eigenvalue weighted by Crippen LogP contribution is -2.51. The molecule has 0 spiro atoms. The van der Waals surface area contributed by atoms with Crippen LogP contribution in [-0.2, 0) is 40.6 Å². The Labute approximate surface area is 420 Å². The third kappa shape index (κ3) is 12.1. The lowest BCUT2D eigenvalue weighted by Gasteiger charge is -2.35. The van der Waals surface area contributed by atoms with Crippen molar-refractivity contribution in [3.05, 3.63) is 78.7 Å². The predicted molar refractivity (Wildman–Crippen MR) is 265 cm³/mol. The van der Waals surface area contributed by atoms with Crippen LogP contribution in [-0.4, -0.2) is 136 Å². The maximum atomic E-state index is 12.9. The van der Waals surface area contributed by atoms with Crippen LogP contribution in [0.5, 0.6) is 11.8 Å². The Hall–Kier alpha value is -4.52. The van der Waals surface area contributed by atoms with Gasteiger partial charge in [-0.15, -0.1) is 0 Å². The summed E-state index contributed by atoms with van der Waals surface area (Å²) >= 11 is 26.2. The minimum atomic E-state index is 0.121. The van der Waals surface area contributed by atoms with Crippen LogP contribution in [0.25, 0.3) is 0 Å². The van der Waals surface area contributed by atoms with Gasteiger partial charge in [0, 0.05) is 71.2 Å². The number of nitrogens with zero attached hydrogens (tertiary/aromatic N) is 9. The highest BCUT2D eigenvalue weighted by Gasteiger charge is 2.37. The van der Waals surface area contributed by atoms with Crippen LogP contribution in [0.2, 0.25) is 20.1 Å². The number of amides is 3. The van der Waals surface area contributed by atoms with E-state index in [2.05, 4.69) is 30.4 Å². The molecule has 21 heteroatoms. The molecule has 10 rings (SSSR count). The summed E-state index contributed by atoms with van der Waals surface area (Å²) in [5.74, 6) is 3.70. The first-order valence-electron chi connectivity index (χ1n) is 23.3. The zero-order valence-corrected chi connectivity index (χ0v) is 41.8. The van der Waals surface area contributed by atoms with Crippen molar-refractivity contribution in [2.45, 2.75) is 69.9 Å². The van der Waals surface area contributed by atoms with E-state index in [0.717, 1.165) is 61.0 Å². The van der Waals surface area contributed by atoms with Crippen LogP contribution < -0.4 is 25.0 Å². The van der Waals surface area contributed by atoms with Crippen molar-refractivity contribution in [2.75, 3.05) is 93.9 Å². The fraction of sp³-hybridized carbons (Fsp3) is 0.511. The van der Waals surface area contributed by atoms with Gasteiger partial charge in [-0.1, -0.05) is 70.3 Å². The summed E-state index contributed by atoms with van der Waals surface area (Å²) in [7, 11) is 0. The van der Waals surface area contributed by atoms with Gasteiger partial charge in [0.2, 0.25) is 35.4 Å². The minimum Gasteiger partial charge on any atom is -0.475 e. The molecule has 6 aliphatic rings. The fourth-order valence-electron chi connectivity index (χ4n) is 8.62. The number of aromatic nitrogens is 4. The number of nitrogens with one attached hydrogen (secondary N) is 2. The van der Waals surface area contributed by atoms with Gasteiger partial charge >= 0.3 is 0 Å². The van der Waals surface area contributed by atoms with E-state index < -0.39 is 0 Å². The van der Waals surface area contributed by atoms with Crippen molar-refractivity contribution in [1.29, 1.82) is 0 Å². The first kappa shape index (κ1) is 48.5. The van der Waals surface area contributed by atoms with Gasteiger partial charge in [0.05, 0.1) is 43.9 Å². The molecule has 4 fully saturated rings. The SMILES string of the molecule is CSc1nc(NCc2ccc(Cl)cc2Cl)c2c(n1)OCCN(C(=O)C1CC1)C2.O=C(CN1CCCC1)N1CCN(c2nc(NCc3ccc(Cl)cc3Cl)c3c(n2)OCCN(C(=O)C2CC2)C3)CC1. The zero-order chi connectivity index (χ0) is 47.3. The van der Waals surface area contributed by atoms with E-state index in [4.69, 9.17) is 65.8 Å². The average molecular weight is 1030 g/mol. The van der Waals surface area contributed by atoms with E-state index >= 15 is 0 Å². The fourth-order valence-corrected chi connectivity index (χ4v) is 9.93. The Bertz CT molecular complexity index is 2510. The van der Waals surface area contributed by atoms with Gasteiger partial charge in [0.25, 0.3) is 0 Å². The number of hydrogen-bond donors (Lipinski definition) is 2. The molecule has 6 heterocycles. The molecule has 0 bridgehead atoms. The molecule has 2 aromatic carbocycles. The molecule has 4 aliphatic heterocycles. The van der Waals surface area contributed by atoms with Crippen molar-refractivity contribution in [1.82, 2.24) is 39.5 Å². The molecule has 2 saturated carbocycles. The number of fused-ring (bicyclic) bond motifs is 2. The van der Waals surface area contributed by atoms with Crippen molar-refractivity contribution in [2.24, 2.45) is 11.8 Å². The van der Waals surface area contributed by atoms with Crippen molar-refractivity contribution >= 4 is 93.5 Å². The van der Waals surface area contributed by atoms with Crippen LogP contribution in [0.3, 0.4) is 0 Å². The maximum Gasteiger partial charge on any atom is 0.236 e. The van der Waals surface area contributed by atoms with E-state index in [9.17, 15) is 14.4 Å². The molecule has 16 nitrogen and oxygen atoms in total. The number of anilines is 3. The van der Waals surface area contributed by atoms with Gasteiger partial charge in [0.15, 0.2) is 5.16 Å². The second-order valence-electron chi connectivity index (χ2n) is 17.8. The third-order valence-electron chi connectivity index (χ3n) is 12.9. The van der Waals surface area contributed by atoms with Gasteiger partial charge in [-0.05, 0) is 93.3 Å². The van der Waals surface area contributed by atoms with E-state index in [1.54, 1.807) is 24.3 Å². The highest BCUT2D eigenvalue weighted by Crippen LogP contribution is 2.37. The van der Waals surface area contributed by atoms with E-state index in [1.165, 1.54) is 24.6 Å². The number of ether oxygens (including phenoxy) is 2. The standard InChI is InChI=1S/C28H35Cl2N7O3.C19H20Cl2N4O2S/c29-21-6-5-20(23(30)15-21)16-31-25-22-17-37(27(39)19-3-4-19)13-14-40-26(22)33-28(32-25)36-11-9-35(10-12-36)24(38)18-34-7-1-2-8-34;1-28-19-23-16(22-9-12-4-5-13(20)8-15(12)21)14-10-25(18(26)11-2-3-11)6-7-27-17(14)24-19/h5-6,15,19H,1-4,7-14,16-18H2,(H,31,32,33);4-5,8,11H,2-3,6-7,9-10H2,1H3,(H,22,23,24). The van der Waals surface area contributed by atoms with Gasteiger partial charge < -0.3 is 39.7 Å². The van der Waals surface area contributed by atoms with E-state index in [-0.39, 0.29) is 29.6 Å². The number of carbonyl (C=O) groups is 3. The summed E-state index contributed by atoms with van der Waals surface area (Å²) in [6.07, 6.45) is 8.12. The van der Waals surface area contributed by atoms with Gasteiger partial charge in [-0.25, -0.2) is 4.98 Å². The van der Waals surface area contributed by atoms with E-state index in [0.29, 0.717) is 140 Å². The summed E-state index contributed by atoms with van der Waals surface area (Å²) < 4.78 is 12.0. The summed E-state index contributed by atoms with van der Waals surface area (Å²) in [6.45, 7) is 8.66. The largest absolute Gasteiger partial charge is 0.475 e. The number of halogens is 4. The lowest BCUT2D eigenvalue weighted by molar-refractivity contribution is -0.134. The second-order valence-corrected chi connectivity index (χ2v) is 20.3. The maximum absolute atomic E-state index is 12.9. The monoisotopic (exact) mass is 1030 g/mol. The van der Waals surface area contributed by atoms with Gasteiger partial charge in [0.1, 0.15) is 24.8 Å². The first-order chi connectivity index (χ1) is 33.0. The molecule has 2 N–H and O–H groups in total. The third-order valence-corrected chi connectivity index (χ3v) is 14.6. The molecule has 0 atom stereocenters. The Kier molecular flexibility index (Phi) is 15.7. The van der Waals surface area contributed by atoms with Crippen molar-refractivity contribution in [3.63, 3.8) is 0 Å². The smallest absolute Gasteiger partial charge is 0.236 e. The predicted octanol–water partition coefficient (Wildman–Crippen LogP) is 7.52. The summed E-state index contributed by atoms with van der Waals surface area (Å²) in [4.78, 5) is 67.2. The van der Waals surface area contributed by atoms with Crippen LogP contribution in [0.15, 0.2) is 41.6 Å². The Morgan fingerprint density at radius 3 is 1.66 bits per heavy atom. The molecule has 0 unspecified atom stereocenters. The van der Waals surface area contributed by atoms with Crippen LogP contribution >= 0.6 is 58.2 Å². The number of thioether (sulfide) groups is 1. The molecule has 2 saturated heterocycles. The Morgan fingerprint density at radius 1 is 0.647 bits per heavy atom. The van der Waals surface area contributed by atoms with Crippen molar-refractivity contribution < 1.29 is 23.9 Å². The van der Waals surface area contributed by atoms with Crippen LogP contribution in [0.4, 0.5) is 17.6 Å². The highest BCUT2D eigenvalue weighted by atomic mass is 35.5. The molecule has 4 aromatic rings. The average Bonchev–Trinajstić information content (AvgIpc) is 4.28. The van der Waals surface area contributed by atoms with Gasteiger partial charge in [-0.3, -0.25) is 19.3 Å². The van der Waals surface area contributed by atoms with Crippen LogP contribution in [0.1, 0.15) is 60.8 Å². The van der Waals surface area contributed by atoms with Crippen molar-refractivity contribution in [3.8, 4) is 11.8 Å². The second kappa shape index (κ2) is 22.1.